The Kier molecular flexibility index (Phi) is 33.2. The van der Waals surface area contributed by atoms with Crippen LogP contribution in [0.4, 0.5) is 0 Å². The topological polar surface area (TPSA) is 64.5 Å². The third-order valence-electron chi connectivity index (χ3n) is 14.6. The summed E-state index contributed by atoms with van der Waals surface area (Å²) in [6.07, 6.45) is 63.4. The number of aliphatic hydroxyl groups is 2. The van der Waals surface area contributed by atoms with E-state index in [1.807, 2.05) is 0 Å². The molecule has 0 radical (unpaired) electrons. The maximum absolute atomic E-state index is 9.57. The van der Waals surface area contributed by atoms with Crippen LogP contribution in [0.2, 0.25) is 0 Å². The minimum Gasteiger partial charge on any atom is -0.395 e. The number of rotatable bonds is 38. The van der Waals surface area contributed by atoms with Gasteiger partial charge < -0.3 is 20.8 Å². The first-order chi connectivity index (χ1) is 28.9. The summed E-state index contributed by atoms with van der Waals surface area (Å²) in [5.74, 6) is 1.43. The molecule has 0 amide bonds. The van der Waals surface area contributed by atoms with Gasteiger partial charge in [0.25, 0.3) is 0 Å². The largest absolute Gasteiger partial charge is 0.395 e. The van der Waals surface area contributed by atoms with Crippen molar-refractivity contribution < 1.29 is 10.2 Å². The summed E-state index contributed by atoms with van der Waals surface area (Å²) in [6.45, 7) is 11.4. The number of nitrogens with one attached hydrogen (secondary N) is 2. The summed E-state index contributed by atoms with van der Waals surface area (Å²) < 4.78 is 0. The van der Waals surface area contributed by atoms with Gasteiger partial charge >= 0.3 is 0 Å². The lowest BCUT2D eigenvalue weighted by atomic mass is 9.57. The molecule has 0 saturated heterocycles. The van der Waals surface area contributed by atoms with E-state index < -0.39 is 0 Å². The van der Waals surface area contributed by atoms with Crippen LogP contribution in [-0.4, -0.2) is 48.6 Å². The second-order valence-electron chi connectivity index (χ2n) is 20.0. The molecule has 4 N–H and O–H groups in total. The van der Waals surface area contributed by atoms with Crippen molar-refractivity contribution in [2.45, 2.75) is 252 Å². The highest BCUT2D eigenvalue weighted by Crippen LogP contribution is 2.54. The monoisotopic (exact) mass is 823 g/mol. The van der Waals surface area contributed by atoms with Crippen molar-refractivity contribution >= 4 is 0 Å². The minimum atomic E-state index is 0.187. The molecular weight excluding hydrogens is 721 g/mol. The number of hydrogen-bond donors (Lipinski definition) is 4. The van der Waals surface area contributed by atoms with Crippen molar-refractivity contribution in [3.8, 4) is 0 Å². The maximum Gasteiger partial charge on any atom is 0.0556 e. The first-order valence-corrected chi connectivity index (χ1v) is 26.2. The van der Waals surface area contributed by atoms with Gasteiger partial charge in [0.05, 0.1) is 13.2 Å². The van der Waals surface area contributed by atoms with E-state index in [1.165, 1.54) is 193 Å². The molecule has 0 spiro atoms. The van der Waals surface area contributed by atoms with Gasteiger partial charge in [-0.3, -0.25) is 0 Å². The van der Waals surface area contributed by atoms with Crippen LogP contribution in [0, 0.1) is 22.7 Å². The number of hydrogen-bond acceptors (Lipinski definition) is 4. The Morgan fingerprint density at radius 3 is 1.31 bits per heavy atom. The van der Waals surface area contributed by atoms with Gasteiger partial charge in [0.15, 0.2) is 0 Å². The molecular formula is C55H102N2O2. The lowest BCUT2D eigenvalue weighted by molar-refractivity contribution is 0.0316. The molecule has 0 aliphatic heterocycles. The third-order valence-corrected chi connectivity index (χ3v) is 14.6. The van der Waals surface area contributed by atoms with Crippen LogP contribution in [0.5, 0.6) is 0 Å². The Morgan fingerprint density at radius 1 is 0.492 bits per heavy atom. The van der Waals surface area contributed by atoms with Gasteiger partial charge in [-0.1, -0.05) is 166 Å². The summed E-state index contributed by atoms with van der Waals surface area (Å²) in [5.41, 5.74) is 1.03. The van der Waals surface area contributed by atoms with Crippen LogP contribution in [0.1, 0.15) is 240 Å². The molecule has 0 heterocycles. The minimum absolute atomic E-state index is 0.187. The highest BCUT2D eigenvalue weighted by molar-refractivity contribution is 4.98. The van der Waals surface area contributed by atoms with Crippen LogP contribution >= 0.6 is 0 Å². The quantitative estimate of drug-likeness (QED) is 0.0370. The van der Waals surface area contributed by atoms with Crippen LogP contribution in [0.3, 0.4) is 0 Å². The first-order valence-electron chi connectivity index (χ1n) is 26.2. The standard InChI is InChI=1S/C55H102N2O2/c1-5-7-9-11-13-15-17-19-21-23-25-27-29-31-33-35-37-55(38-36-34-32-30-28-26-24-22-20-18-16-14-12-10-8-6-2)41-39-54(4,40-42-55)49-51-48-53(57-44-46-59)52(47-50(51)3)56-43-45-58/h13-16,19-22,50-53,56-59H,5-12,17-18,23-49H2,1-4H3. The molecule has 2 saturated carbocycles. The normalized spacial score (nSPS) is 25.5. The molecule has 2 aliphatic carbocycles. The zero-order chi connectivity index (χ0) is 42.5. The number of allylic oxidation sites excluding steroid dienone is 8. The summed E-state index contributed by atoms with van der Waals surface area (Å²) in [6, 6.07) is 0.768. The first kappa shape index (κ1) is 53.9. The average Bonchev–Trinajstić information content (AvgIpc) is 3.24. The number of aliphatic hydroxyl groups excluding tert-OH is 2. The summed E-state index contributed by atoms with van der Waals surface area (Å²) >= 11 is 0. The molecule has 0 aromatic rings. The van der Waals surface area contributed by atoms with Crippen molar-refractivity contribution in [3.05, 3.63) is 48.6 Å². The Labute approximate surface area is 368 Å². The predicted molar refractivity (Wildman–Crippen MR) is 261 cm³/mol. The molecule has 2 rings (SSSR count). The van der Waals surface area contributed by atoms with E-state index in [1.54, 1.807) is 0 Å². The average molecular weight is 823 g/mol. The third kappa shape index (κ3) is 26.8. The van der Waals surface area contributed by atoms with Crippen molar-refractivity contribution in [2.24, 2.45) is 22.7 Å². The van der Waals surface area contributed by atoms with E-state index in [2.05, 4.69) is 86.9 Å². The SMILES string of the molecule is CCCCCC=CCC=CCCCCCCCCC1(CCCCCCCCC=CCC=CCCCCC)CCC(C)(CC2CC(NCCO)C(NCCO)CC2C)CC1. The lowest BCUT2D eigenvalue weighted by Gasteiger charge is -2.49. The lowest BCUT2D eigenvalue weighted by Crippen LogP contribution is -2.55. The molecule has 4 atom stereocenters. The zero-order valence-electron chi connectivity index (χ0n) is 40.0. The number of unbranched alkanes of at least 4 members (excludes halogenated alkanes) is 18. The molecule has 344 valence electrons. The van der Waals surface area contributed by atoms with E-state index in [0.717, 1.165) is 25.2 Å². The van der Waals surface area contributed by atoms with Crippen LogP contribution < -0.4 is 10.6 Å². The van der Waals surface area contributed by atoms with E-state index >= 15 is 0 Å². The Balaban J connectivity index is 1.78. The van der Waals surface area contributed by atoms with Gasteiger partial charge in [0, 0.05) is 25.2 Å². The van der Waals surface area contributed by atoms with Crippen molar-refractivity contribution in [1.82, 2.24) is 10.6 Å². The summed E-state index contributed by atoms with van der Waals surface area (Å²) in [5, 5.41) is 26.3. The smallest absolute Gasteiger partial charge is 0.0556 e. The predicted octanol–water partition coefficient (Wildman–Crippen LogP) is 15.3. The molecule has 0 aromatic heterocycles. The van der Waals surface area contributed by atoms with Gasteiger partial charge in [-0.05, 0) is 145 Å². The summed E-state index contributed by atoms with van der Waals surface area (Å²) in [7, 11) is 0. The highest BCUT2D eigenvalue weighted by atomic mass is 16.3. The van der Waals surface area contributed by atoms with Gasteiger partial charge in [-0.15, -0.1) is 0 Å². The fourth-order valence-electron chi connectivity index (χ4n) is 10.5. The van der Waals surface area contributed by atoms with E-state index in [0.29, 0.717) is 41.9 Å². The highest BCUT2D eigenvalue weighted by Gasteiger charge is 2.43. The molecule has 4 nitrogen and oxygen atoms in total. The molecule has 59 heavy (non-hydrogen) atoms. The van der Waals surface area contributed by atoms with Crippen molar-refractivity contribution in [1.29, 1.82) is 0 Å². The van der Waals surface area contributed by atoms with Crippen LogP contribution in [0.15, 0.2) is 48.6 Å². The molecule has 4 unspecified atom stereocenters. The molecule has 0 aromatic carbocycles. The fraction of sp³-hybridized carbons (Fsp3) is 0.855. The Bertz CT molecular complexity index is 1010. The second kappa shape index (κ2) is 36.3. The Hall–Kier alpha value is -1.20. The van der Waals surface area contributed by atoms with Gasteiger partial charge in [-0.25, -0.2) is 0 Å². The van der Waals surface area contributed by atoms with Crippen LogP contribution in [-0.2, 0) is 0 Å². The Morgan fingerprint density at radius 2 is 0.881 bits per heavy atom. The van der Waals surface area contributed by atoms with Crippen molar-refractivity contribution in [3.63, 3.8) is 0 Å². The van der Waals surface area contributed by atoms with E-state index in [4.69, 9.17) is 0 Å². The molecule has 2 aliphatic rings. The van der Waals surface area contributed by atoms with Crippen LogP contribution in [0.25, 0.3) is 0 Å². The van der Waals surface area contributed by atoms with Gasteiger partial charge in [0.1, 0.15) is 0 Å². The molecule has 0 bridgehead atoms. The van der Waals surface area contributed by atoms with Gasteiger partial charge in [-0.2, -0.15) is 0 Å². The van der Waals surface area contributed by atoms with E-state index in [9.17, 15) is 10.2 Å². The molecule has 4 heteroatoms. The maximum atomic E-state index is 9.57. The van der Waals surface area contributed by atoms with E-state index in [-0.39, 0.29) is 13.2 Å². The molecule has 2 fully saturated rings. The second-order valence-corrected chi connectivity index (χ2v) is 20.0. The zero-order valence-corrected chi connectivity index (χ0v) is 40.0. The van der Waals surface area contributed by atoms with Crippen molar-refractivity contribution in [2.75, 3.05) is 26.3 Å². The summed E-state index contributed by atoms with van der Waals surface area (Å²) in [4.78, 5) is 0. The van der Waals surface area contributed by atoms with Gasteiger partial charge in [0.2, 0.25) is 0 Å². The fourth-order valence-corrected chi connectivity index (χ4v) is 10.5.